The van der Waals surface area contributed by atoms with Gasteiger partial charge in [-0.25, -0.2) is 5.43 Å². The molecule has 3 rings (SSSR count). The minimum Gasteiger partial charge on any atom is -0.463 e. The maximum absolute atomic E-state index is 12.3. The highest BCUT2D eigenvalue weighted by molar-refractivity contribution is 6.04. The monoisotopic (exact) mass is 361 g/mol. The predicted molar refractivity (Wildman–Crippen MR) is 104 cm³/mol. The van der Waals surface area contributed by atoms with Crippen molar-refractivity contribution in [2.75, 3.05) is 5.32 Å². The van der Waals surface area contributed by atoms with E-state index in [1.807, 2.05) is 25.1 Å². The summed E-state index contributed by atoms with van der Waals surface area (Å²) in [7, 11) is 0. The number of benzene rings is 2. The van der Waals surface area contributed by atoms with Gasteiger partial charge in [0.05, 0.1) is 6.26 Å². The summed E-state index contributed by atoms with van der Waals surface area (Å²) in [5.41, 5.74) is 5.68. The molecule has 2 aromatic carbocycles. The first-order valence-corrected chi connectivity index (χ1v) is 8.39. The molecule has 3 aromatic rings. The molecule has 0 radical (unpaired) electrons. The fraction of sp³-hybridized carbons (Fsp3) is 0.0952. The molecule has 136 valence electrons. The third-order valence-electron chi connectivity index (χ3n) is 3.89. The summed E-state index contributed by atoms with van der Waals surface area (Å²) >= 11 is 0. The first-order chi connectivity index (χ1) is 13.0. The fourth-order valence-electron chi connectivity index (χ4n) is 2.43. The number of rotatable bonds is 5. The molecule has 0 spiro atoms. The Morgan fingerprint density at radius 1 is 0.926 bits per heavy atom. The van der Waals surface area contributed by atoms with Crippen molar-refractivity contribution in [2.45, 2.75) is 13.8 Å². The molecule has 0 atom stereocenters. The average molecular weight is 361 g/mol. The van der Waals surface area contributed by atoms with Crippen molar-refractivity contribution in [3.8, 4) is 0 Å². The Hall–Kier alpha value is -3.67. The Kier molecular flexibility index (Phi) is 5.47. The van der Waals surface area contributed by atoms with Crippen LogP contribution in [0.25, 0.3) is 0 Å². The standard InChI is InChI=1S/C21H19N3O3/c1-14-5-3-6-17(13-14)20(25)22-18-10-8-16(9-11-18)21(26)24-23-15(2)19-7-4-12-27-19/h3-13H,1-2H3,(H,22,25)(H,24,26). The first-order valence-electron chi connectivity index (χ1n) is 8.39. The number of furan rings is 1. The number of nitrogens with one attached hydrogen (secondary N) is 2. The summed E-state index contributed by atoms with van der Waals surface area (Å²) in [6, 6.07) is 17.4. The predicted octanol–water partition coefficient (Wildman–Crippen LogP) is 3.99. The average Bonchev–Trinajstić information content (AvgIpc) is 3.21. The number of nitrogens with zero attached hydrogens (tertiary/aromatic N) is 1. The molecule has 0 saturated heterocycles. The molecule has 1 heterocycles. The van der Waals surface area contributed by atoms with E-state index in [0.29, 0.717) is 28.3 Å². The van der Waals surface area contributed by atoms with Gasteiger partial charge in [0, 0.05) is 16.8 Å². The van der Waals surface area contributed by atoms with Crippen LogP contribution in [0.5, 0.6) is 0 Å². The van der Waals surface area contributed by atoms with Crippen LogP contribution in [0.3, 0.4) is 0 Å². The van der Waals surface area contributed by atoms with E-state index in [9.17, 15) is 9.59 Å². The lowest BCUT2D eigenvalue weighted by molar-refractivity contribution is 0.0954. The molecule has 6 heteroatoms. The minimum atomic E-state index is -0.350. The number of amides is 2. The Morgan fingerprint density at radius 2 is 1.70 bits per heavy atom. The highest BCUT2D eigenvalue weighted by atomic mass is 16.3. The maximum atomic E-state index is 12.3. The molecule has 0 unspecified atom stereocenters. The fourth-order valence-corrected chi connectivity index (χ4v) is 2.43. The first kappa shape index (κ1) is 18.1. The lowest BCUT2D eigenvalue weighted by Crippen LogP contribution is -2.19. The van der Waals surface area contributed by atoms with Crippen LogP contribution >= 0.6 is 0 Å². The smallest absolute Gasteiger partial charge is 0.271 e. The number of carbonyl (C=O) groups excluding carboxylic acids is 2. The van der Waals surface area contributed by atoms with Gasteiger partial charge in [-0.3, -0.25) is 9.59 Å². The number of hydrogen-bond donors (Lipinski definition) is 2. The van der Waals surface area contributed by atoms with Gasteiger partial charge in [0.2, 0.25) is 0 Å². The van der Waals surface area contributed by atoms with Gasteiger partial charge in [-0.1, -0.05) is 17.7 Å². The van der Waals surface area contributed by atoms with Crippen molar-refractivity contribution in [1.82, 2.24) is 5.43 Å². The van der Waals surface area contributed by atoms with Gasteiger partial charge in [-0.2, -0.15) is 5.10 Å². The van der Waals surface area contributed by atoms with E-state index in [-0.39, 0.29) is 11.8 Å². The molecular formula is C21H19N3O3. The summed E-state index contributed by atoms with van der Waals surface area (Å²) in [4.78, 5) is 24.4. The van der Waals surface area contributed by atoms with Crippen molar-refractivity contribution < 1.29 is 14.0 Å². The molecule has 0 aliphatic rings. The SMILES string of the molecule is CC(=NNC(=O)c1ccc(NC(=O)c2cccc(C)c2)cc1)c1ccco1. The molecule has 0 bridgehead atoms. The molecule has 0 saturated carbocycles. The Labute approximate surface area is 156 Å². The molecule has 6 nitrogen and oxygen atoms in total. The van der Waals surface area contributed by atoms with Crippen LogP contribution in [0.4, 0.5) is 5.69 Å². The van der Waals surface area contributed by atoms with E-state index in [4.69, 9.17) is 4.42 Å². The van der Waals surface area contributed by atoms with Crippen LogP contribution in [0.1, 0.15) is 39.0 Å². The van der Waals surface area contributed by atoms with Crippen molar-refractivity contribution >= 4 is 23.2 Å². The number of carbonyl (C=O) groups is 2. The molecule has 0 fully saturated rings. The lowest BCUT2D eigenvalue weighted by atomic mass is 10.1. The van der Waals surface area contributed by atoms with Gasteiger partial charge in [0.15, 0.2) is 0 Å². The molecule has 0 aliphatic heterocycles. The van der Waals surface area contributed by atoms with Crippen LogP contribution in [0.2, 0.25) is 0 Å². The van der Waals surface area contributed by atoms with Crippen LogP contribution in [0.15, 0.2) is 76.4 Å². The van der Waals surface area contributed by atoms with Crippen LogP contribution in [-0.2, 0) is 0 Å². The van der Waals surface area contributed by atoms with Gasteiger partial charge in [-0.05, 0) is 62.4 Å². The van der Waals surface area contributed by atoms with E-state index in [0.717, 1.165) is 5.56 Å². The largest absolute Gasteiger partial charge is 0.463 e. The van der Waals surface area contributed by atoms with E-state index in [1.54, 1.807) is 55.7 Å². The Balaban J connectivity index is 1.62. The van der Waals surface area contributed by atoms with Crippen LogP contribution < -0.4 is 10.7 Å². The summed E-state index contributed by atoms with van der Waals surface area (Å²) in [5, 5.41) is 6.83. The number of hydrazone groups is 1. The number of anilines is 1. The topological polar surface area (TPSA) is 83.7 Å². The van der Waals surface area contributed by atoms with Crippen LogP contribution in [0, 0.1) is 6.92 Å². The van der Waals surface area contributed by atoms with Gasteiger partial charge in [-0.15, -0.1) is 0 Å². The number of aryl methyl sites for hydroxylation is 1. The highest BCUT2D eigenvalue weighted by Crippen LogP contribution is 2.12. The van der Waals surface area contributed by atoms with E-state index in [2.05, 4.69) is 15.8 Å². The second-order valence-electron chi connectivity index (χ2n) is 6.02. The summed E-state index contributed by atoms with van der Waals surface area (Å²) in [6.07, 6.45) is 1.54. The van der Waals surface area contributed by atoms with E-state index >= 15 is 0 Å². The quantitative estimate of drug-likeness (QED) is 0.532. The van der Waals surface area contributed by atoms with Gasteiger partial charge in [0.25, 0.3) is 11.8 Å². The second kappa shape index (κ2) is 8.14. The molecular weight excluding hydrogens is 342 g/mol. The Bertz CT molecular complexity index is 974. The third-order valence-corrected chi connectivity index (χ3v) is 3.89. The normalized spacial score (nSPS) is 11.1. The minimum absolute atomic E-state index is 0.199. The zero-order valence-electron chi connectivity index (χ0n) is 15.0. The second-order valence-corrected chi connectivity index (χ2v) is 6.02. The zero-order chi connectivity index (χ0) is 19.2. The summed E-state index contributed by atoms with van der Waals surface area (Å²) in [5.74, 6) is 0.0385. The molecule has 27 heavy (non-hydrogen) atoms. The summed E-state index contributed by atoms with van der Waals surface area (Å²) in [6.45, 7) is 3.67. The molecule has 2 amide bonds. The molecule has 2 N–H and O–H groups in total. The van der Waals surface area contributed by atoms with Crippen molar-refractivity contribution in [3.05, 3.63) is 89.4 Å². The maximum Gasteiger partial charge on any atom is 0.271 e. The molecule has 0 aliphatic carbocycles. The van der Waals surface area contributed by atoms with Crippen molar-refractivity contribution in [1.29, 1.82) is 0 Å². The lowest BCUT2D eigenvalue weighted by Gasteiger charge is -2.07. The van der Waals surface area contributed by atoms with E-state index in [1.165, 1.54) is 0 Å². The highest BCUT2D eigenvalue weighted by Gasteiger charge is 2.09. The number of hydrogen-bond acceptors (Lipinski definition) is 4. The van der Waals surface area contributed by atoms with Gasteiger partial charge < -0.3 is 9.73 Å². The zero-order valence-corrected chi connectivity index (χ0v) is 15.0. The van der Waals surface area contributed by atoms with Gasteiger partial charge in [0.1, 0.15) is 11.5 Å². The van der Waals surface area contributed by atoms with Crippen molar-refractivity contribution in [3.63, 3.8) is 0 Å². The summed E-state index contributed by atoms with van der Waals surface area (Å²) < 4.78 is 5.21. The third kappa shape index (κ3) is 4.70. The van der Waals surface area contributed by atoms with Crippen molar-refractivity contribution in [2.24, 2.45) is 5.10 Å². The van der Waals surface area contributed by atoms with E-state index < -0.39 is 0 Å². The van der Waals surface area contributed by atoms with Gasteiger partial charge >= 0.3 is 0 Å². The van der Waals surface area contributed by atoms with Crippen LogP contribution in [-0.4, -0.2) is 17.5 Å². The Morgan fingerprint density at radius 3 is 2.37 bits per heavy atom. The molecule has 1 aromatic heterocycles.